The van der Waals surface area contributed by atoms with Gasteiger partial charge in [-0.3, -0.25) is 9.59 Å². The lowest BCUT2D eigenvalue weighted by atomic mass is 10.0. The smallest absolute Gasteiger partial charge is 0.325 e. The summed E-state index contributed by atoms with van der Waals surface area (Å²) in [4.78, 5) is 28.5. The fourth-order valence-corrected chi connectivity index (χ4v) is 3.83. The van der Waals surface area contributed by atoms with Crippen molar-refractivity contribution in [3.05, 3.63) is 58.3 Å². The van der Waals surface area contributed by atoms with Gasteiger partial charge in [-0.2, -0.15) is 5.10 Å². The molecule has 174 valence electrons. The van der Waals surface area contributed by atoms with E-state index >= 15 is 0 Å². The molecule has 1 aromatic heterocycles. The Labute approximate surface area is 200 Å². The van der Waals surface area contributed by atoms with E-state index in [9.17, 15) is 14.7 Å². The molecule has 3 N–H and O–H groups in total. The quantitative estimate of drug-likeness (QED) is 0.329. The Morgan fingerprint density at radius 3 is 2.79 bits per heavy atom. The third kappa shape index (κ3) is 6.23. The molecule has 10 heteroatoms. The van der Waals surface area contributed by atoms with Gasteiger partial charge in [-0.1, -0.05) is 24.3 Å². The number of fused-ring (bicyclic) bond motifs is 1. The number of aromatic nitrogens is 2. The number of hydrogen-bond acceptors (Lipinski definition) is 7. The first-order chi connectivity index (χ1) is 16.0. The van der Waals surface area contributed by atoms with E-state index in [0.29, 0.717) is 25.9 Å². The number of carbonyl (C=O) groups is 2. The van der Waals surface area contributed by atoms with E-state index in [2.05, 4.69) is 37.7 Å². The van der Waals surface area contributed by atoms with Gasteiger partial charge in [-0.15, -0.1) is 5.06 Å². The summed E-state index contributed by atoms with van der Waals surface area (Å²) in [5, 5.41) is 22.5. The third-order valence-corrected chi connectivity index (χ3v) is 5.91. The molecule has 3 heterocycles. The lowest BCUT2D eigenvalue weighted by Crippen LogP contribution is -2.28. The first kappa shape index (κ1) is 23.1. The molecule has 0 radical (unpaired) electrons. The summed E-state index contributed by atoms with van der Waals surface area (Å²) in [6.45, 7) is 2.62. The van der Waals surface area contributed by atoms with Crippen LogP contribution in [0.3, 0.4) is 0 Å². The Morgan fingerprint density at radius 1 is 1.18 bits per heavy atom. The lowest BCUT2D eigenvalue weighted by Gasteiger charge is -2.14. The molecule has 0 atom stereocenters. The van der Waals surface area contributed by atoms with Gasteiger partial charge < -0.3 is 20.6 Å². The number of carbonyl (C=O) groups excluding carboxylic acids is 2. The van der Waals surface area contributed by atoms with Crippen LogP contribution in [0.4, 0.5) is 0 Å². The second-order valence-corrected chi connectivity index (χ2v) is 8.64. The Morgan fingerprint density at radius 2 is 2.00 bits per heavy atom. The van der Waals surface area contributed by atoms with Crippen LogP contribution in [0.5, 0.6) is 5.75 Å². The standard InChI is InChI=1S/C23H26BrN5O4/c24-18-15-27-29-19(18)7-6-16(17-4-1-2-5-20(17)30)14-21(29)25-10-3-11-26-22(31)8-9-23(32)33-28-12-13-28/h1-2,4-6,14-15,25,30H,3,7-13H2,(H,26,31). The zero-order valence-electron chi connectivity index (χ0n) is 18.1. The molecule has 0 aliphatic carbocycles. The van der Waals surface area contributed by atoms with Crippen LogP contribution in [0, 0.1) is 0 Å². The Balaban J connectivity index is 1.30. The highest BCUT2D eigenvalue weighted by Crippen LogP contribution is 2.31. The summed E-state index contributed by atoms with van der Waals surface area (Å²) < 4.78 is 2.75. The molecule has 1 saturated heterocycles. The number of nitrogens with zero attached hydrogens (tertiary/aromatic N) is 3. The van der Waals surface area contributed by atoms with Crippen LogP contribution in [0.25, 0.3) is 11.4 Å². The number of hydroxylamine groups is 2. The maximum Gasteiger partial charge on any atom is 0.325 e. The second kappa shape index (κ2) is 10.7. The average Bonchev–Trinajstić information content (AvgIpc) is 3.57. The summed E-state index contributed by atoms with van der Waals surface area (Å²) >= 11 is 3.56. The fourth-order valence-electron chi connectivity index (χ4n) is 3.41. The largest absolute Gasteiger partial charge is 0.507 e. The predicted molar refractivity (Wildman–Crippen MR) is 127 cm³/mol. The van der Waals surface area contributed by atoms with Crippen molar-refractivity contribution >= 4 is 39.2 Å². The maximum absolute atomic E-state index is 11.9. The Hall–Kier alpha value is -3.11. The Kier molecular flexibility index (Phi) is 7.46. The highest BCUT2D eigenvalue weighted by molar-refractivity contribution is 9.10. The summed E-state index contributed by atoms with van der Waals surface area (Å²) in [6.07, 6.45) is 7.32. The van der Waals surface area contributed by atoms with Gasteiger partial charge >= 0.3 is 5.97 Å². The van der Waals surface area contributed by atoms with Crippen molar-refractivity contribution in [3.8, 4) is 5.75 Å². The molecule has 33 heavy (non-hydrogen) atoms. The normalized spacial score (nSPS) is 15.1. The number of halogens is 1. The molecule has 4 rings (SSSR count). The summed E-state index contributed by atoms with van der Waals surface area (Å²) in [7, 11) is 0. The number of rotatable bonds is 10. The van der Waals surface area contributed by atoms with Crippen LogP contribution < -0.4 is 10.6 Å². The molecule has 9 nitrogen and oxygen atoms in total. The molecular weight excluding hydrogens is 490 g/mol. The Bertz CT molecular complexity index is 1090. The maximum atomic E-state index is 11.9. The zero-order valence-corrected chi connectivity index (χ0v) is 19.7. The van der Waals surface area contributed by atoms with Crippen molar-refractivity contribution in [1.82, 2.24) is 25.5 Å². The molecule has 2 aliphatic rings. The van der Waals surface area contributed by atoms with E-state index < -0.39 is 0 Å². The van der Waals surface area contributed by atoms with Crippen LogP contribution in [-0.2, 0) is 20.8 Å². The molecule has 0 unspecified atom stereocenters. The van der Waals surface area contributed by atoms with Gasteiger partial charge in [0.25, 0.3) is 0 Å². The minimum Gasteiger partial charge on any atom is -0.507 e. The van der Waals surface area contributed by atoms with Crippen molar-refractivity contribution in [1.29, 1.82) is 0 Å². The number of hydrogen-bond donors (Lipinski definition) is 3. The number of aromatic hydroxyl groups is 1. The second-order valence-electron chi connectivity index (χ2n) is 7.78. The molecule has 0 saturated carbocycles. The third-order valence-electron chi connectivity index (χ3n) is 5.24. The van der Waals surface area contributed by atoms with Gasteiger partial charge in [-0.05, 0) is 40.1 Å². The summed E-state index contributed by atoms with van der Waals surface area (Å²) in [6, 6.07) is 7.24. The number of allylic oxidation sites excluding steroid dienone is 3. The zero-order chi connectivity index (χ0) is 23.2. The fraction of sp³-hybridized carbons (Fsp3) is 0.348. The van der Waals surface area contributed by atoms with Gasteiger partial charge in [-0.25, -0.2) is 4.68 Å². The molecule has 1 amide bonds. The van der Waals surface area contributed by atoms with E-state index in [1.807, 2.05) is 22.9 Å². The molecule has 2 aromatic rings. The molecule has 1 fully saturated rings. The molecule has 2 aliphatic heterocycles. The monoisotopic (exact) mass is 515 g/mol. The van der Waals surface area contributed by atoms with Gasteiger partial charge in [0.2, 0.25) is 5.91 Å². The highest BCUT2D eigenvalue weighted by Gasteiger charge is 2.22. The summed E-state index contributed by atoms with van der Waals surface area (Å²) in [5.41, 5.74) is 2.65. The highest BCUT2D eigenvalue weighted by atomic mass is 79.9. The number of nitrogens with one attached hydrogen (secondary N) is 2. The van der Waals surface area contributed by atoms with Crippen molar-refractivity contribution in [3.63, 3.8) is 0 Å². The van der Waals surface area contributed by atoms with E-state index in [1.54, 1.807) is 23.4 Å². The van der Waals surface area contributed by atoms with Gasteiger partial charge in [0.15, 0.2) is 0 Å². The first-order valence-electron chi connectivity index (χ1n) is 10.9. The molecule has 0 spiro atoms. The van der Waals surface area contributed by atoms with Crippen LogP contribution in [0.1, 0.15) is 30.5 Å². The van der Waals surface area contributed by atoms with Gasteiger partial charge in [0, 0.05) is 31.5 Å². The van der Waals surface area contributed by atoms with Gasteiger partial charge in [0.05, 0.1) is 35.9 Å². The number of para-hydroxylation sites is 1. The predicted octanol–water partition coefficient (Wildman–Crippen LogP) is 2.44. The van der Waals surface area contributed by atoms with Crippen LogP contribution in [-0.4, -0.2) is 58.0 Å². The summed E-state index contributed by atoms with van der Waals surface area (Å²) in [5.74, 6) is 0.458. The van der Waals surface area contributed by atoms with Crippen LogP contribution >= 0.6 is 15.9 Å². The molecule has 0 bridgehead atoms. The van der Waals surface area contributed by atoms with Crippen LogP contribution in [0.15, 0.2) is 47.1 Å². The SMILES string of the molecule is O=C(CCC(=O)ON1CC1)NCCCNC1=CC(c2ccccc2O)=CCc2c(Br)cnn21. The van der Waals surface area contributed by atoms with Gasteiger partial charge in [0.1, 0.15) is 11.6 Å². The van der Waals surface area contributed by atoms with E-state index in [0.717, 1.165) is 40.2 Å². The number of phenols is 1. The van der Waals surface area contributed by atoms with Crippen LogP contribution in [0.2, 0.25) is 0 Å². The van der Waals surface area contributed by atoms with E-state index in [4.69, 9.17) is 4.84 Å². The number of amides is 1. The first-order valence-corrected chi connectivity index (χ1v) is 11.7. The minimum absolute atomic E-state index is 0.0753. The van der Waals surface area contributed by atoms with Crippen molar-refractivity contribution in [2.24, 2.45) is 0 Å². The molecular formula is C23H26BrN5O4. The number of benzene rings is 1. The number of phenolic OH excluding ortho intramolecular Hbond substituents is 1. The lowest BCUT2D eigenvalue weighted by molar-refractivity contribution is -0.166. The van der Waals surface area contributed by atoms with Crippen molar-refractivity contribution in [2.45, 2.75) is 25.7 Å². The van der Waals surface area contributed by atoms with E-state index in [1.165, 1.54) is 0 Å². The topological polar surface area (TPSA) is 108 Å². The average molecular weight is 516 g/mol. The van der Waals surface area contributed by atoms with E-state index in [-0.39, 0.29) is 30.5 Å². The van der Waals surface area contributed by atoms with Crippen molar-refractivity contribution < 1.29 is 19.5 Å². The van der Waals surface area contributed by atoms with Crippen molar-refractivity contribution in [2.75, 3.05) is 26.2 Å². The minimum atomic E-state index is -0.376. The molecule has 1 aromatic carbocycles.